The number of para-hydroxylation sites is 2. The van der Waals surface area contributed by atoms with Gasteiger partial charge in [-0.2, -0.15) is 0 Å². The summed E-state index contributed by atoms with van der Waals surface area (Å²) in [7, 11) is -2.79. The standard InChI is InChI=1S/C42H34N2OSi/c1-30(2)46(32-20-8-4-9-21-32,33-22-10-5-11-23-33)45-39-29-17-16-28-38(39)42-43-40-36-26-14-12-24-34(36)35-25-13-15-27-37(35)41(40)44(42)31-18-6-3-7-19-31/h3-30H,1-2H3. The highest BCUT2D eigenvalue weighted by atomic mass is 28.4. The molecule has 0 spiro atoms. The van der Waals surface area contributed by atoms with Gasteiger partial charge in [0.15, 0.2) is 0 Å². The fraction of sp³-hybridized carbons (Fsp3) is 0.0714. The lowest BCUT2D eigenvalue weighted by atomic mass is 10.00. The average Bonchev–Trinajstić information content (AvgIpc) is 3.53. The van der Waals surface area contributed by atoms with Crippen molar-refractivity contribution < 1.29 is 4.43 Å². The van der Waals surface area contributed by atoms with Crippen LogP contribution in [0, 0.1) is 0 Å². The molecule has 3 nitrogen and oxygen atoms in total. The zero-order valence-electron chi connectivity index (χ0n) is 26.0. The highest BCUT2D eigenvalue weighted by Crippen LogP contribution is 2.41. The van der Waals surface area contributed by atoms with Crippen molar-refractivity contribution in [3.8, 4) is 22.8 Å². The number of hydrogen-bond acceptors (Lipinski definition) is 2. The number of rotatable bonds is 7. The first kappa shape index (κ1) is 28.1. The lowest BCUT2D eigenvalue weighted by Crippen LogP contribution is -2.65. The van der Waals surface area contributed by atoms with Gasteiger partial charge in [-0.15, -0.1) is 0 Å². The van der Waals surface area contributed by atoms with Gasteiger partial charge in [0.1, 0.15) is 11.6 Å². The van der Waals surface area contributed by atoms with Crippen LogP contribution in [0.4, 0.5) is 0 Å². The van der Waals surface area contributed by atoms with Crippen molar-refractivity contribution >= 4 is 51.3 Å². The van der Waals surface area contributed by atoms with Gasteiger partial charge in [0.25, 0.3) is 0 Å². The maximum atomic E-state index is 7.57. The van der Waals surface area contributed by atoms with Crippen molar-refractivity contribution in [3.63, 3.8) is 0 Å². The zero-order chi connectivity index (χ0) is 31.1. The molecule has 8 aromatic rings. The monoisotopic (exact) mass is 610 g/mol. The van der Waals surface area contributed by atoms with Crippen molar-refractivity contribution in [1.29, 1.82) is 0 Å². The molecule has 0 unspecified atom stereocenters. The maximum Gasteiger partial charge on any atom is 0.317 e. The second-order valence-electron chi connectivity index (χ2n) is 12.1. The third-order valence-electron chi connectivity index (χ3n) is 9.16. The average molecular weight is 611 g/mol. The van der Waals surface area contributed by atoms with Crippen LogP contribution in [0.1, 0.15) is 13.8 Å². The van der Waals surface area contributed by atoms with E-state index in [0.717, 1.165) is 39.2 Å². The van der Waals surface area contributed by atoms with Crippen LogP contribution in [0.25, 0.3) is 49.7 Å². The molecular formula is C42H34N2OSi. The van der Waals surface area contributed by atoms with Crippen LogP contribution < -0.4 is 14.8 Å². The van der Waals surface area contributed by atoms with Crippen LogP contribution in [0.2, 0.25) is 5.54 Å². The van der Waals surface area contributed by atoms with Crippen LogP contribution in [0.3, 0.4) is 0 Å². The molecule has 0 saturated heterocycles. The van der Waals surface area contributed by atoms with Crippen molar-refractivity contribution in [3.05, 3.63) is 164 Å². The summed E-state index contributed by atoms with van der Waals surface area (Å²) in [4.78, 5) is 5.52. The number of fused-ring (bicyclic) bond motifs is 6. The summed E-state index contributed by atoms with van der Waals surface area (Å²) in [6, 6.07) is 58.0. The van der Waals surface area contributed by atoms with E-state index >= 15 is 0 Å². The lowest BCUT2D eigenvalue weighted by Gasteiger charge is -2.37. The Kier molecular flexibility index (Phi) is 7.00. The first-order valence-corrected chi connectivity index (χ1v) is 17.9. The predicted octanol–water partition coefficient (Wildman–Crippen LogP) is 9.55. The molecule has 0 atom stereocenters. The van der Waals surface area contributed by atoms with E-state index < -0.39 is 8.32 Å². The molecule has 0 N–H and O–H groups in total. The van der Waals surface area contributed by atoms with Gasteiger partial charge in [-0.25, -0.2) is 4.98 Å². The van der Waals surface area contributed by atoms with Crippen LogP contribution in [-0.2, 0) is 0 Å². The Labute approximate surface area is 270 Å². The number of nitrogens with zero attached hydrogens (tertiary/aromatic N) is 2. The predicted molar refractivity (Wildman–Crippen MR) is 195 cm³/mol. The molecule has 4 heteroatoms. The Balaban J connectivity index is 1.45. The van der Waals surface area contributed by atoms with Crippen LogP contribution in [-0.4, -0.2) is 17.9 Å². The molecule has 1 heterocycles. The maximum absolute atomic E-state index is 7.57. The summed E-state index contributed by atoms with van der Waals surface area (Å²) in [5, 5.41) is 7.25. The fourth-order valence-electron chi connectivity index (χ4n) is 7.07. The minimum atomic E-state index is -2.79. The summed E-state index contributed by atoms with van der Waals surface area (Å²) in [5.41, 5.74) is 4.38. The van der Waals surface area contributed by atoms with Crippen LogP contribution in [0.15, 0.2) is 164 Å². The first-order valence-electron chi connectivity index (χ1n) is 15.9. The number of hydrogen-bond donors (Lipinski definition) is 0. The van der Waals surface area contributed by atoms with E-state index in [1.54, 1.807) is 0 Å². The quantitative estimate of drug-likeness (QED) is 0.133. The summed E-state index contributed by atoms with van der Waals surface area (Å²) in [5.74, 6) is 1.71. The third kappa shape index (κ3) is 4.45. The minimum absolute atomic E-state index is 0.256. The molecule has 0 amide bonds. The SMILES string of the molecule is CC(C)[Si](Oc1ccccc1-c1nc2c3ccccc3c3ccccc3c2n1-c1ccccc1)(c1ccccc1)c1ccccc1. The molecule has 0 saturated carbocycles. The van der Waals surface area contributed by atoms with E-state index in [0.29, 0.717) is 0 Å². The molecule has 222 valence electrons. The van der Waals surface area contributed by atoms with Gasteiger partial charge in [-0.05, 0) is 51.0 Å². The molecule has 46 heavy (non-hydrogen) atoms. The van der Waals surface area contributed by atoms with Crippen molar-refractivity contribution in [2.75, 3.05) is 0 Å². The molecule has 7 aromatic carbocycles. The molecule has 0 radical (unpaired) electrons. The van der Waals surface area contributed by atoms with Gasteiger partial charge >= 0.3 is 8.32 Å². The van der Waals surface area contributed by atoms with E-state index in [-0.39, 0.29) is 5.54 Å². The first-order chi connectivity index (χ1) is 22.7. The Morgan fingerprint density at radius 3 is 1.61 bits per heavy atom. The van der Waals surface area contributed by atoms with Crippen molar-refractivity contribution in [2.45, 2.75) is 19.4 Å². The molecule has 0 aliphatic heterocycles. The van der Waals surface area contributed by atoms with Gasteiger partial charge in [0, 0.05) is 16.5 Å². The van der Waals surface area contributed by atoms with E-state index in [1.807, 2.05) is 0 Å². The lowest BCUT2D eigenvalue weighted by molar-refractivity contribution is 0.549. The van der Waals surface area contributed by atoms with Gasteiger partial charge in [0.2, 0.25) is 0 Å². The molecular weight excluding hydrogens is 577 g/mol. The molecule has 8 rings (SSSR count). The highest BCUT2D eigenvalue weighted by molar-refractivity contribution is 6.99. The Morgan fingerprint density at radius 2 is 1.00 bits per heavy atom. The van der Waals surface area contributed by atoms with Gasteiger partial charge in [0.05, 0.1) is 16.6 Å². The normalized spacial score (nSPS) is 11.9. The summed E-state index contributed by atoms with van der Waals surface area (Å²) >= 11 is 0. The number of aromatic nitrogens is 2. The number of benzene rings is 7. The highest BCUT2D eigenvalue weighted by Gasteiger charge is 2.45. The van der Waals surface area contributed by atoms with Crippen LogP contribution in [0.5, 0.6) is 5.75 Å². The Morgan fingerprint density at radius 1 is 0.522 bits per heavy atom. The second-order valence-corrected chi connectivity index (χ2v) is 16.1. The summed E-state index contributed by atoms with van der Waals surface area (Å²) < 4.78 is 9.90. The van der Waals surface area contributed by atoms with E-state index in [1.165, 1.54) is 26.5 Å². The molecule has 0 bridgehead atoms. The zero-order valence-corrected chi connectivity index (χ0v) is 27.0. The van der Waals surface area contributed by atoms with Crippen LogP contribution >= 0.6 is 0 Å². The van der Waals surface area contributed by atoms with Crippen molar-refractivity contribution in [1.82, 2.24) is 9.55 Å². The van der Waals surface area contributed by atoms with E-state index in [9.17, 15) is 0 Å². The summed E-state index contributed by atoms with van der Waals surface area (Å²) in [6.07, 6.45) is 0. The van der Waals surface area contributed by atoms with Gasteiger partial charge in [-0.1, -0.05) is 153 Å². The minimum Gasteiger partial charge on any atom is -0.534 e. The van der Waals surface area contributed by atoms with Gasteiger partial charge in [-0.3, -0.25) is 4.57 Å². The molecule has 0 aliphatic carbocycles. The molecule has 0 aliphatic rings. The van der Waals surface area contributed by atoms with Gasteiger partial charge < -0.3 is 4.43 Å². The molecule has 0 fully saturated rings. The third-order valence-corrected chi connectivity index (χ3v) is 13.7. The summed E-state index contributed by atoms with van der Waals surface area (Å²) in [6.45, 7) is 4.60. The topological polar surface area (TPSA) is 27.1 Å². The number of imidazole rings is 1. The smallest absolute Gasteiger partial charge is 0.317 e. The van der Waals surface area contributed by atoms with E-state index in [4.69, 9.17) is 9.41 Å². The largest absolute Gasteiger partial charge is 0.534 e. The fourth-order valence-corrected chi connectivity index (χ4v) is 11.1. The van der Waals surface area contributed by atoms with Crippen molar-refractivity contribution in [2.24, 2.45) is 0 Å². The van der Waals surface area contributed by atoms with E-state index in [2.05, 4.69) is 182 Å². The second kappa shape index (κ2) is 11.5. The Hall–Kier alpha value is -5.45. The molecule has 1 aromatic heterocycles. The Bertz CT molecular complexity index is 2270.